The fourth-order valence-electron chi connectivity index (χ4n) is 5.74. The lowest BCUT2D eigenvalue weighted by Gasteiger charge is -2.24. The number of aliphatic carboxylic acids is 4. The Hall–Kier alpha value is -7.35. The Morgan fingerprint density at radius 1 is 0.652 bits per heavy atom. The lowest BCUT2D eigenvalue weighted by Crippen LogP contribution is -2.41. The van der Waals surface area contributed by atoms with E-state index in [9.17, 15) is 24.0 Å². The first-order valence-electron chi connectivity index (χ1n) is 20.6. The molecule has 1 heterocycles. The van der Waals surface area contributed by atoms with Gasteiger partial charge in [-0.15, -0.1) is 0 Å². The summed E-state index contributed by atoms with van der Waals surface area (Å²) in [4.78, 5) is 52.4. The number of benzene rings is 5. The molecule has 1 aliphatic heterocycles. The van der Waals surface area contributed by atoms with Gasteiger partial charge in [-0.1, -0.05) is 97.1 Å². The fourth-order valence-corrected chi connectivity index (χ4v) is 5.74. The van der Waals surface area contributed by atoms with Gasteiger partial charge in [0.05, 0.1) is 19.3 Å². The summed E-state index contributed by atoms with van der Waals surface area (Å²) in [6.07, 6.45) is 0.599. The molecule has 0 spiro atoms. The van der Waals surface area contributed by atoms with Gasteiger partial charge in [-0.2, -0.15) is 0 Å². The zero-order chi connectivity index (χ0) is 48.6. The van der Waals surface area contributed by atoms with Crippen LogP contribution in [0.4, 0.5) is 5.69 Å². The van der Waals surface area contributed by atoms with Crippen molar-refractivity contribution in [3.8, 4) is 17.2 Å². The van der Waals surface area contributed by atoms with Crippen LogP contribution in [0.25, 0.3) is 0 Å². The van der Waals surface area contributed by atoms with Gasteiger partial charge in [0, 0.05) is 24.1 Å². The van der Waals surface area contributed by atoms with Crippen molar-refractivity contribution >= 4 is 35.5 Å². The first-order chi connectivity index (χ1) is 31.5. The molecule has 0 aliphatic carbocycles. The van der Waals surface area contributed by atoms with Crippen molar-refractivity contribution in [3.63, 3.8) is 0 Å². The van der Waals surface area contributed by atoms with E-state index in [2.05, 4.69) is 5.32 Å². The minimum absolute atomic E-state index is 0.0213. The van der Waals surface area contributed by atoms with Crippen molar-refractivity contribution in [1.29, 1.82) is 0 Å². The first kappa shape index (κ1) is 53.0. The molecule has 1 aliphatic rings. The number of para-hydroxylation sites is 1. The summed E-state index contributed by atoms with van der Waals surface area (Å²) in [5.74, 6) is -2.49. The van der Waals surface area contributed by atoms with E-state index in [4.69, 9.17) is 62.7 Å². The number of aliphatic hydroxyl groups excluding tert-OH is 1. The van der Waals surface area contributed by atoms with E-state index in [1.807, 2.05) is 115 Å². The second-order valence-electron chi connectivity index (χ2n) is 14.8. The van der Waals surface area contributed by atoms with Crippen LogP contribution in [-0.2, 0) is 54.8 Å². The topological polar surface area (TPSA) is 330 Å². The van der Waals surface area contributed by atoms with Crippen LogP contribution in [0.5, 0.6) is 17.2 Å². The second kappa shape index (κ2) is 27.8. The molecule has 0 saturated heterocycles. The van der Waals surface area contributed by atoms with E-state index in [-0.39, 0.29) is 12.8 Å². The molecule has 6 rings (SSSR count). The predicted octanol–water partition coefficient (Wildman–Crippen LogP) is 4.13. The van der Waals surface area contributed by atoms with Crippen LogP contribution in [0.2, 0.25) is 0 Å². The van der Waals surface area contributed by atoms with E-state index in [0.717, 1.165) is 39.3 Å². The lowest BCUT2D eigenvalue weighted by atomic mass is 9.98. The number of carboxylic acid groups (broad SMARTS) is 4. The molecule has 1 amide bonds. The SMILES string of the molecule is C[C@@H](OCc1ccccc1)[C@H](N)C(=O)O.NC(=O)CC[C@H](N)C(=O)O.N[C@@H](Cc1ccc(OCc2ccccc2)cc1)C(=O)O.O=C(O)[C@H](CO)Nc1cccc2c1Cc1ccccc1O2. The quantitative estimate of drug-likeness (QED) is 0.0546. The summed E-state index contributed by atoms with van der Waals surface area (Å²) in [5.41, 5.74) is 26.3. The van der Waals surface area contributed by atoms with Gasteiger partial charge >= 0.3 is 23.9 Å². The van der Waals surface area contributed by atoms with Crippen LogP contribution in [0.15, 0.2) is 127 Å². The molecule has 0 saturated carbocycles. The van der Waals surface area contributed by atoms with Crippen LogP contribution >= 0.6 is 0 Å². The molecule has 0 aromatic heterocycles. The number of hydrogen-bond donors (Lipinski definition) is 10. The number of rotatable bonds is 19. The number of primary amides is 1. The third kappa shape index (κ3) is 18.8. The molecule has 0 unspecified atom stereocenters. The van der Waals surface area contributed by atoms with Gasteiger partial charge in [-0.05, 0) is 72.4 Å². The molecule has 14 N–H and O–H groups in total. The number of hydrogen-bond acceptors (Lipinski definition) is 13. The van der Waals surface area contributed by atoms with Gasteiger partial charge in [0.15, 0.2) is 0 Å². The average molecular weight is 912 g/mol. The Labute approximate surface area is 381 Å². The second-order valence-corrected chi connectivity index (χ2v) is 14.8. The summed E-state index contributed by atoms with van der Waals surface area (Å²) in [6.45, 7) is 2.07. The van der Waals surface area contributed by atoms with E-state index in [1.54, 1.807) is 19.1 Å². The van der Waals surface area contributed by atoms with Crippen molar-refractivity contribution in [2.24, 2.45) is 22.9 Å². The predicted molar refractivity (Wildman–Crippen MR) is 245 cm³/mol. The number of carbonyl (C=O) groups excluding carboxylic acids is 1. The van der Waals surface area contributed by atoms with Crippen LogP contribution in [0, 0.1) is 0 Å². The van der Waals surface area contributed by atoms with Gasteiger partial charge in [0.1, 0.15) is 48.0 Å². The normalized spacial score (nSPS) is 13.1. The van der Waals surface area contributed by atoms with Gasteiger partial charge in [-0.3, -0.25) is 19.2 Å². The third-order valence-corrected chi connectivity index (χ3v) is 9.61. The summed E-state index contributed by atoms with van der Waals surface area (Å²) in [7, 11) is 0. The number of carboxylic acids is 4. The Kier molecular flexibility index (Phi) is 22.3. The number of ether oxygens (including phenoxy) is 3. The number of fused-ring (bicyclic) bond motifs is 2. The summed E-state index contributed by atoms with van der Waals surface area (Å²) < 4.78 is 16.8. The van der Waals surface area contributed by atoms with Crippen LogP contribution in [-0.4, -0.2) is 92.2 Å². The number of nitrogens with one attached hydrogen (secondary N) is 1. The fraction of sp³-hybridized carbons (Fsp3) is 0.271. The number of nitrogens with two attached hydrogens (primary N) is 4. The van der Waals surface area contributed by atoms with Gasteiger partial charge < -0.3 is 68.0 Å². The number of aliphatic hydroxyl groups is 1. The molecular formula is C48H57N5O13. The van der Waals surface area contributed by atoms with Crippen LogP contribution in [0.1, 0.15) is 47.6 Å². The first-order valence-corrected chi connectivity index (χ1v) is 20.6. The largest absolute Gasteiger partial charge is 0.489 e. The minimum atomic E-state index is -1.11. The Balaban J connectivity index is 0.000000242. The monoisotopic (exact) mass is 911 g/mol. The zero-order valence-corrected chi connectivity index (χ0v) is 36.3. The molecule has 0 radical (unpaired) electrons. The molecular weight excluding hydrogens is 855 g/mol. The van der Waals surface area contributed by atoms with Crippen molar-refractivity contribution < 1.29 is 63.7 Å². The highest BCUT2D eigenvalue weighted by atomic mass is 16.5. The number of anilines is 1. The van der Waals surface area contributed by atoms with Crippen molar-refractivity contribution in [2.45, 2.75) is 76.1 Å². The Bertz CT molecular complexity index is 2300. The highest BCUT2D eigenvalue weighted by Gasteiger charge is 2.23. The maximum atomic E-state index is 11.0. The van der Waals surface area contributed by atoms with E-state index in [1.165, 1.54) is 0 Å². The molecule has 66 heavy (non-hydrogen) atoms. The molecule has 0 bridgehead atoms. The van der Waals surface area contributed by atoms with E-state index >= 15 is 0 Å². The van der Waals surface area contributed by atoms with E-state index < -0.39 is 66.7 Å². The van der Waals surface area contributed by atoms with Crippen molar-refractivity contribution in [1.82, 2.24) is 0 Å². The van der Waals surface area contributed by atoms with E-state index in [0.29, 0.717) is 37.5 Å². The number of carbonyl (C=O) groups is 5. The maximum Gasteiger partial charge on any atom is 0.328 e. The molecule has 0 fully saturated rings. The van der Waals surface area contributed by atoms with Gasteiger partial charge in [0.25, 0.3) is 0 Å². The highest BCUT2D eigenvalue weighted by Crippen LogP contribution is 2.39. The van der Waals surface area contributed by atoms with Crippen molar-refractivity contribution in [3.05, 3.63) is 155 Å². The Morgan fingerprint density at radius 3 is 1.76 bits per heavy atom. The lowest BCUT2D eigenvalue weighted by molar-refractivity contribution is -0.142. The summed E-state index contributed by atoms with van der Waals surface area (Å²) in [5, 5.41) is 46.7. The summed E-state index contributed by atoms with van der Waals surface area (Å²) >= 11 is 0. The van der Waals surface area contributed by atoms with Gasteiger partial charge in [0.2, 0.25) is 5.91 Å². The molecule has 18 nitrogen and oxygen atoms in total. The number of amides is 1. The third-order valence-electron chi connectivity index (χ3n) is 9.61. The summed E-state index contributed by atoms with van der Waals surface area (Å²) in [6, 6.07) is 36.1. The smallest absolute Gasteiger partial charge is 0.328 e. The maximum absolute atomic E-state index is 11.0. The highest BCUT2D eigenvalue weighted by molar-refractivity contribution is 5.79. The zero-order valence-electron chi connectivity index (χ0n) is 36.3. The molecule has 5 aromatic rings. The molecule has 352 valence electrons. The van der Waals surface area contributed by atoms with Crippen LogP contribution < -0.4 is 37.7 Å². The average Bonchev–Trinajstić information content (AvgIpc) is 3.31. The molecule has 5 atom stereocenters. The standard InChI is InChI=1S/C16H15NO4.C16H17NO3.C11H15NO3.C5H10N2O3/c18-9-13(16(19)20)17-12-5-3-7-15-11(12)8-10-4-1-2-6-14(10)21-15;17-15(16(18)19)10-12-6-8-14(9-7-12)20-11-13-4-2-1-3-5-13;1-8(10(12)11(13)14)15-7-9-5-3-2-4-6-9;6-3(5(9)10)1-2-4(7)8/h1-7,13,17-18H,8-9H2,(H,19,20);1-9,15H,10-11,17H2,(H,18,19);2-6,8,10H,7,12H2,1H3,(H,13,14);3H,1-2,6H2,(H2,7,8)(H,9,10)/t13-;15-;8-,10+;3-/m0010/s1. The van der Waals surface area contributed by atoms with Crippen LogP contribution in [0.3, 0.4) is 0 Å². The molecule has 18 heteroatoms. The minimum Gasteiger partial charge on any atom is -0.489 e. The Morgan fingerprint density at radius 2 is 1.21 bits per heavy atom. The molecule has 5 aromatic carbocycles. The van der Waals surface area contributed by atoms with Crippen molar-refractivity contribution in [2.75, 3.05) is 11.9 Å². The van der Waals surface area contributed by atoms with Gasteiger partial charge in [-0.25, -0.2) is 4.79 Å².